The highest BCUT2D eigenvalue weighted by Gasteiger charge is 2.33. The van der Waals surface area contributed by atoms with E-state index in [9.17, 15) is 4.79 Å². The minimum Gasteiger partial charge on any atom is -0.444 e. The summed E-state index contributed by atoms with van der Waals surface area (Å²) < 4.78 is 7.32. The van der Waals surface area contributed by atoms with Gasteiger partial charge in [0.05, 0.1) is 16.1 Å². The third-order valence-corrected chi connectivity index (χ3v) is 5.54. The van der Waals surface area contributed by atoms with Crippen LogP contribution in [0.5, 0.6) is 0 Å². The molecule has 0 aliphatic rings. The Balaban J connectivity index is 1.77. The molecule has 0 saturated heterocycles. The average Bonchev–Trinajstić information content (AvgIpc) is 3.39. The van der Waals surface area contributed by atoms with Crippen LogP contribution in [0.15, 0.2) is 48.6 Å². The van der Waals surface area contributed by atoms with Crippen molar-refractivity contribution in [2.45, 2.75) is 53.3 Å². The predicted molar refractivity (Wildman–Crippen MR) is 113 cm³/mol. The number of thiazole rings is 1. The molecule has 0 spiro atoms. The van der Waals surface area contributed by atoms with Crippen LogP contribution in [0.25, 0.3) is 5.69 Å². The third-order valence-electron chi connectivity index (χ3n) is 4.79. The highest BCUT2D eigenvalue weighted by Crippen LogP contribution is 2.29. The number of benzene rings is 1. The van der Waals surface area contributed by atoms with Crippen molar-refractivity contribution in [3.05, 3.63) is 59.1 Å². The maximum Gasteiger partial charge on any atom is 0.410 e. The summed E-state index contributed by atoms with van der Waals surface area (Å²) in [4.78, 5) is 23.8. The number of hydrogen-bond acceptors (Lipinski definition) is 6. The van der Waals surface area contributed by atoms with E-state index in [1.54, 1.807) is 22.7 Å². The highest BCUT2D eigenvalue weighted by atomic mass is 32.1. The molecule has 3 rings (SSSR count). The Kier molecular flexibility index (Phi) is 6.64. The summed E-state index contributed by atoms with van der Waals surface area (Å²) >= 11 is 1.48. The van der Waals surface area contributed by atoms with E-state index in [1.807, 2.05) is 29.2 Å². The number of nitrogens with zero attached hydrogens (tertiary/aromatic N) is 5. The van der Waals surface area contributed by atoms with Gasteiger partial charge in [0.15, 0.2) is 0 Å². The Bertz CT molecular complexity index is 886. The van der Waals surface area contributed by atoms with E-state index in [0.717, 1.165) is 22.5 Å². The maximum absolute atomic E-state index is 13.0. The fourth-order valence-corrected chi connectivity index (χ4v) is 3.93. The molecule has 2 aromatic heterocycles. The quantitative estimate of drug-likeness (QED) is 0.562. The van der Waals surface area contributed by atoms with Gasteiger partial charge < -0.3 is 9.64 Å². The molecule has 29 heavy (non-hydrogen) atoms. The number of carbonyl (C=O) groups excluding carboxylic acids is 1. The van der Waals surface area contributed by atoms with E-state index >= 15 is 0 Å². The van der Waals surface area contributed by atoms with Crippen molar-refractivity contribution in [3.8, 4) is 5.69 Å². The second-order valence-electron chi connectivity index (χ2n) is 7.95. The molecule has 0 aliphatic heterocycles. The standard InChI is InChI=1S/C21H27N5O2S/c1-5-19(21(2,3)4)25(20(27)28-12-18-10-22-15-29-18)11-16-6-8-17(9-7-16)26-14-23-13-24-26/h6-10,13-15,19H,5,11-12H2,1-4H3. The molecule has 1 aromatic carbocycles. The van der Waals surface area contributed by atoms with Gasteiger partial charge in [-0.2, -0.15) is 5.10 Å². The lowest BCUT2D eigenvalue weighted by molar-refractivity contribution is 0.0469. The van der Waals surface area contributed by atoms with Crippen molar-refractivity contribution in [3.63, 3.8) is 0 Å². The van der Waals surface area contributed by atoms with Crippen LogP contribution in [-0.4, -0.2) is 36.8 Å². The van der Waals surface area contributed by atoms with Crippen LogP contribution in [0.3, 0.4) is 0 Å². The molecular formula is C21H27N5O2S. The van der Waals surface area contributed by atoms with Crippen molar-refractivity contribution in [1.29, 1.82) is 0 Å². The largest absolute Gasteiger partial charge is 0.444 e. The lowest BCUT2D eigenvalue weighted by Crippen LogP contribution is -2.46. The van der Waals surface area contributed by atoms with Crippen LogP contribution in [0.2, 0.25) is 0 Å². The molecule has 7 nitrogen and oxygen atoms in total. The van der Waals surface area contributed by atoms with Gasteiger partial charge >= 0.3 is 6.09 Å². The zero-order valence-corrected chi connectivity index (χ0v) is 18.1. The first-order chi connectivity index (χ1) is 13.9. The monoisotopic (exact) mass is 413 g/mol. The Hall–Kier alpha value is -2.74. The molecule has 0 aliphatic carbocycles. The Labute approximate surface area is 175 Å². The van der Waals surface area contributed by atoms with Crippen LogP contribution in [0.4, 0.5) is 4.79 Å². The van der Waals surface area contributed by atoms with Gasteiger partial charge in [-0.05, 0) is 29.5 Å². The SMILES string of the molecule is CCC(N(Cc1ccc(-n2cncn2)cc1)C(=O)OCc1cncs1)C(C)(C)C. The lowest BCUT2D eigenvalue weighted by Gasteiger charge is -2.39. The molecule has 1 amide bonds. The first kappa shape index (κ1) is 21.0. The van der Waals surface area contributed by atoms with Crippen molar-refractivity contribution in [1.82, 2.24) is 24.6 Å². The topological polar surface area (TPSA) is 73.1 Å². The summed E-state index contributed by atoms with van der Waals surface area (Å²) in [6.07, 6.45) is 5.43. The highest BCUT2D eigenvalue weighted by molar-refractivity contribution is 7.09. The van der Waals surface area contributed by atoms with Crippen LogP contribution in [-0.2, 0) is 17.9 Å². The number of aromatic nitrogens is 4. The van der Waals surface area contributed by atoms with E-state index in [1.165, 1.54) is 17.7 Å². The summed E-state index contributed by atoms with van der Waals surface area (Å²) in [6, 6.07) is 8.02. The van der Waals surface area contributed by atoms with Crippen LogP contribution < -0.4 is 0 Å². The van der Waals surface area contributed by atoms with E-state index in [4.69, 9.17) is 4.74 Å². The van der Waals surface area contributed by atoms with Crippen molar-refractivity contribution >= 4 is 17.4 Å². The molecule has 0 radical (unpaired) electrons. The molecule has 1 atom stereocenters. The number of ether oxygens (including phenoxy) is 1. The van der Waals surface area contributed by atoms with Gasteiger partial charge in [-0.1, -0.05) is 39.8 Å². The minimum absolute atomic E-state index is 0.0476. The molecule has 1 unspecified atom stereocenters. The fraction of sp³-hybridized carbons (Fsp3) is 0.429. The molecule has 2 heterocycles. The van der Waals surface area contributed by atoms with Gasteiger partial charge in [0.2, 0.25) is 0 Å². The number of hydrogen-bond donors (Lipinski definition) is 0. The molecule has 0 N–H and O–H groups in total. The molecule has 0 fully saturated rings. The third kappa shape index (κ3) is 5.41. The second kappa shape index (κ2) is 9.17. The number of amides is 1. The van der Waals surface area contributed by atoms with Crippen LogP contribution in [0.1, 0.15) is 44.6 Å². The minimum atomic E-state index is -0.305. The predicted octanol–water partition coefficient (Wildman–Crippen LogP) is 4.69. The first-order valence-corrected chi connectivity index (χ1v) is 10.5. The van der Waals surface area contributed by atoms with Crippen molar-refractivity contribution < 1.29 is 9.53 Å². The number of rotatable bonds is 7. The van der Waals surface area contributed by atoms with Crippen LogP contribution in [0, 0.1) is 5.41 Å². The van der Waals surface area contributed by atoms with Crippen LogP contribution >= 0.6 is 11.3 Å². The second-order valence-corrected chi connectivity index (χ2v) is 8.92. The Morgan fingerprint density at radius 2 is 2.00 bits per heavy atom. The van der Waals surface area contributed by atoms with Gasteiger partial charge in [-0.25, -0.2) is 14.5 Å². The molecule has 3 aromatic rings. The molecule has 0 bridgehead atoms. The fourth-order valence-electron chi connectivity index (χ4n) is 3.42. The summed E-state index contributed by atoms with van der Waals surface area (Å²) in [5.41, 5.74) is 3.63. The molecule has 154 valence electrons. The van der Waals surface area contributed by atoms with E-state index in [-0.39, 0.29) is 24.2 Å². The summed E-state index contributed by atoms with van der Waals surface area (Å²) in [5.74, 6) is 0. The average molecular weight is 414 g/mol. The van der Waals surface area contributed by atoms with Crippen molar-refractivity contribution in [2.75, 3.05) is 0 Å². The molecule has 8 heteroatoms. The summed E-state index contributed by atoms with van der Waals surface area (Å²) in [6.45, 7) is 9.28. The maximum atomic E-state index is 13.0. The normalized spacial score (nSPS) is 12.6. The van der Waals surface area contributed by atoms with E-state index < -0.39 is 0 Å². The van der Waals surface area contributed by atoms with Gasteiger partial charge in [0, 0.05) is 18.8 Å². The van der Waals surface area contributed by atoms with Gasteiger partial charge in [0.1, 0.15) is 19.3 Å². The summed E-state index contributed by atoms with van der Waals surface area (Å²) in [7, 11) is 0. The lowest BCUT2D eigenvalue weighted by atomic mass is 9.84. The number of carbonyl (C=O) groups is 1. The Morgan fingerprint density at radius 1 is 1.24 bits per heavy atom. The zero-order chi connectivity index (χ0) is 20.9. The van der Waals surface area contributed by atoms with Gasteiger partial charge in [0.25, 0.3) is 0 Å². The van der Waals surface area contributed by atoms with Gasteiger partial charge in [-0.15, -0.1) is 11.3 Å². The van der Waals surface area contributed by atoms with E-state index in [0.29, 0.717) is 6.54 Å². The zero-order valence-electron chi connectivity index (χ0n) is 17.3. The molecule has 0 saturated carbocycles. The van der Waals surface area contributed by atoms with Gasteiger partial charge in [-0.3, -0.25) is 4.98 Å². The van der Waals surface area contributed by atoms with E-state index in [2.05, 4.69) is 42.8 Å². The summed E-state index contributed by atoms with van der Waals surface area (Å²) in [5, 5.41) is 4.14. The Morgan fingerprint density at radius 3 is 2.55 bits per heavy atom. The molecular weight excluding hydrogens is 386 g/mol. The van der Waals surface area contributed by atoms with Crippen molar-refractivity contribution in [2.24, 2.45) is 5.41 Å². The first-order valence-electron chi connectivity index (χ1n) is 9.63. The smallest absolute Gasteiger partial charge is 0.410 e.